The maximum Gasteiger partial charge on any atom is 0.213 e. The summed E-state index contributed by atoms with van der Waals surface area (Å²) in [5.74, 6) is 1.27. The van der Waals surface area contributed by atoms with Gasteiger partial charge < -0.3 is 13.7 Å². The van der Waals surface area contributed by atoms with Crippen molar-refractivity contribution in [3.05, 3.63) is 48.3 Å². The number of rotatable bonds is 4. The molecule has 0 saturated carbocycles. The fraction of sp³-hybridized carbons (Fsp3) is 0.143. The summed E-state index contributed by atoms with van der Waals surface area (Å²) in [6, 6.07) is 7.53. The minimum atomic E-state index is 0.394. The zero-order chi connectivity index (χ0) is 13.2. The molecule has 0 amide bonds. The number of hydrogen-bond acceptors (Lipinski definition) is 4. The standard InChI is InChI=1S/C14H12N2O3/c1-18-12-4-2-3-10-7-11(9-17)16(14(10)12)8-13-15-5-6-19-13/h2-7,9H,8H2,1H3. The van der Waals surface area contributed by atoms with Crippen molar-refractivity contribution in [2.24, 2.45) is 0 Å². The molecule has 0 aliphatic carbocycles. The molecular formula is C14H12N2O3. The summed E-state index contributed by atoms with van der Waals surface area (Å²) in [6.45, 7) is 0.394. The Morgan fingerprint density at radius 2 is 2.37 bits per heavy atom. The minimum absolute atomic E-state index is 0.394. The third-order valence-corrected chi connectivity index (χ3v) is 3.03. The number of ether oxygens (including phenoxy) is 1. The summed E-state index contributed by atoms with van der Waals surface area (Å²) in [4.78, 5) is 15.3. The van der Waals surface area contributed by atoms with E-state index in [1.54, 1.807) is 13.3 Å². The second kappa shape index (κ2) is 4.61. The highest BCUT2D eigenvalue weighted by molar-refractivity contribution is 5.92. The predicted octanol–water partition coefficient (Wildman–Crippen LogP) is 2.50. The maximum atomic E-state index is 11.2. The summed E-state index contributed by atoms with van der Waals surface area (Å²) in [6.07, 6.45) is 3.92. The summed E-state index contributed by atoms with van der Waals surface area (Å²) < 4.78 is 12.4. The van der Waals surface area contributed by atoms with Gasteiger partial charge in [0.05, 0.1) is 31.1 Å². The molecule has 19 heavy (non-hydrogen) atoms. The number of aromatic nitrogens is 2. The molecule has 96 valence electrons. The van der Waals surface area contributed by atoms with Gasteiger partial charge in [0, 0.05) is 5.39 Å². The Morgan fingerprint density at radius 3 is 3.05 bits per heavy atom. The minimum Gasteiger partial charge on any atom is -0.495 e. The largest absolute Gasteiger partial charge is 0.495 e. The van der Waals surface area contributed by atoms with Gasteiger partial charge in [0.2, 0.25) is 5.89 Å². The Balaban J connectivity index is 2.22. The van der Waals surface area contributed by atoms with Crippen molar-refractivity contribution in [2.75, 3.05) is 7.11 Å². The zero-order valence-electron chi connectivity index (χ0n) is 10.4. The van der Waals surface area contributed by atoms with Crippen LogP contribution in [-0.4, -0.2) is 22.9 Å². The molecule has 5 nitrogen and oxygen atoms in total. The van der Waals surface area contributed by atoms with Crippen LogP contribution in [0, 0.1) is 0 Å². The normalized spacial score (nSPS) is 10.8. The Hall–Kier alpha value is -2.56. The summed E-state index contributed by atoms with van der Waals surface area (Å²) in [7, 11) is 1.61. The first kappa shape index (κ1) is 11.5. The van der Waals surface area contributed by atoms with Gasteiger partial charge in [-0.05, 0) is 12.1 Å². The number of methoxy groups -OCH3 is 1. The van der Waals surface area contributed by atoms with E-state index in [0.717, 1.165) is 22.9 Å². The average Bonchev–Trinajstić information content (AvgIpc) is 3.06. The molecule has 0 aliphatic heterocycles. The first-order valence-corrected chi connectivity index (χ1v) is 5.83. The van der Waals surface area contributed by atoms with Gasteiger partial charge in [0.15, 0.2) is 6.29 Å². The fourth-order valence-corrected chi connectivity index (χ4v) is 2.21. The molecule has 0 atom stereocenters. The van der Waals surface area contributed by atoms with Crippen LogP contribution >= 0.6 is 0 Å². The summed E-state index contributed by atoms with van der Waals surface area (Å²) in [5, 5.41) is 0.952. The van der Waals surface area contributed by atoms with Crippen LogP contribution in [0.25, 0.3) is 10.9 Å². The third kappa shape index (κ3) is 1.89. The molecule has 0 bridgehead atoms. The van der Waals surface area contributed by atoms with Crippen LogP contribution in [0.15, 0.2) is 41.1 Å². The van der Waals surface area contributed by atoms with E-state index in [1.165, 1.54) is 6.26 Å². The SMILES string of the molecule is COc1cccc2cc(C=O)n(Cc3ncco3)c12. The Morgan fingerprint density at radius 1 is 1.47 bits per heavy atom. The molecule has 0 unspecified atom stereocenters. The van der Waals surface area contributed by atoms with Gasteiger partial charge in [-0.25, -0.2) is 4.98 Å². The average molecular weight is 256 g/mol. The number of hydrogen-bond donors (Lipinski definition) is 0. The van der Waals surface area contributed by atoms with Crippen molar-refractivity contribution >= 4 is 17.2 Å². The highest BCUT2D eigenvalue weighted by Crippen LogP contribution is 2.28. The van der Waals surface area contributed by atoms with Gasteiger partial charge in [-0.3, -0.25) is 4.79 Å². The molecule has 0 aliphatic rings. The molecule has 2 heterocycles. The lowest BCUT2D eigenvalue weighted by Crippen LogP contribution is -2.04. The van der Waals surface area contributed by atoms with Crippen molar-refractivity contribution < 1.29 is 13.9 Å². The maximum absolute atomic E-state index is 11.2. The quantitative estimate of drug-likeness (QED) is 0.673. The topological polar surface area (TPSA) is 57.3 Å². The molecule has 3 aromatic rings. The van der Waals surface area contributed by atoms with Crippen molar-refractivity contribution in [1.82, 2.24) is 9.55 Å². The summed E-state index contributed by atoms with van der Waals surface area (Å²) in [5.41, 5.74) is 1.43. The molecule has 0 radical (unpaired) electrons. The van der Waals surface area contributed by atoms with Gasteiger partial charge >= 0.3 is 0 Å². The number of fused-ring (bicyclic) bond motifs is 1. The second-order valence-electron chi connectivity index (χ2n) is 4.10. The number of benzene rings is 1. The van der Waals surface area contributed by atoms with Gasteiger partial charge in [-0.15, -0.1) is 0 Å². The van der Waals surface area contributed by atoms with Crippen molar-refractivity contribution in [2.45, 2.75) is 6.54 Å². The fourth-order valence-electron chi connectivity index (χ4n) is 2.21. The number of para-hydroxylation sites is 1. The van der Waals surface area contributed by atoms with Crippen LogP contribution in [0.2, 0.25) is 0 Å². The molecular weight excluding hydrogens is 244 g/mol. The number of oxazole rings is 1. The molecule has 3 rings (SSSR count). The number of carbonyl (C=O) groups excluding carboxylic acids is 1. The highest BCUT2D eigenvalue weighted by atomic mass is 16.5. The van der Waals surface area contributed by atoms with E-state index in [4.69, 9.17) is 9.15 Å². The van der Waals surface area contributed by atoms with E-state index < -0.39 is 0 Å². The Bertz CT molecular complexity index is 714. The smallest absolute Gasteiger partial charge is 0.213 e. The Kier molecular flexibility index (Phi) is 2.79. The predicted molar refractivity (Wildman–Crippen MR) is 69.5 cm³/mol. The monoisotopic (exact) mass is 256 g/mol. The molecule has 0 N–H and O–H groups in total. The molecule has 1 aromatic carbocycles. The van der Waals surface area contributed by atoms with E-state index in [0.29, 0.717) is 18.1 Å². The zero-order valence-corrected chi connectivity index (χ0v) is 10.4. The van der Waals surface area contributed by atoms with E-state index in [1.807, 2.05) is 28.8 Å². The molecule has 0 spiro atoms. The van der Waals surface area contributed by atoms with Crippen LogP contribution in [0.3, 0.4) is 0 Å². The van der Waals surface area contributed by atoms with Crippen LogP contribution in [-0.2, 0) is 6.54 Å². The van der Waals surface area contributed by atoms with Crippen molar-refractivity contribution in [3.63, 3.8) is 0 Å². The Labute approximate surface area is 109 Å². The molecule has 5 heteroatoms. The third-order valence-electron chi connectivity index (χ3n) is 3.03. The number of carbonyl (C=O) groups is 1. The van der Waals surface area contributed by atoms with Gasteiger partial charge in [0.1, 0.15) is 12.0 Å². The van der Waals surface area contributed by atoms with Crippen LogP contribution < -0.4 is 4.74 Å². The number of aldehydes is 1. The van der Waals surface area contributed by atoms with E-state index in [-0.39, 0.29) is 0 Å². The lowest BCUT2D eigenvalue weighted by molar-refractivity contribution is 0.111. The molecule has 0 fully saturated rings. The second-order valence-corrected chi connectivity index (χ2v) is 4.10. The lowest BCUT2D eigenvalue weighted by Gasteiger charge is -2.08. The van der Waals surface area contributed by atoms with Crippen LogP contribution in [0.1, 0.15) is 16.4 Å². The highest BCUT2D eigenvalue weighted by Gasteiger charge is 2.14. The molecule has 0 saturated heterocycles. The number of nitrogens with zero attached hydrogens (tertiary/aromatic N) is 2. The van der Waals surface area contributed by atoms with Crippen molar-refractivity contribution in [1.29, 1.82) is 0 Å². The van der Waals surface area contributed by atoms with Crippen LogP contribution in [0.5, 0.6) is 5.75 Å². The van der Waals surface area contributed by atoms with Crippen LogP contribution in [0.4, 0.5) is 0 Å². The van der Waals surface area contributed by atoms with Gasteiger partial charge in [0.25, 0.3) is 0 Å². The van der Waals surface area contributed by atoms with E-state index in [9.17, 15) is 4.79 Å². The summed E-state index contributed by atoms with van der Waals surface area (Å²) >= 11 is 0. The lowest BCUT2D eigenvalue weighted by atomic mass is 10.2. The first-order chi connectivity index (χ1) is 9.33. The van der Waals surface area contributed by atoms with Gasteiger partial charge in [-0.1, -0.05) is 12.1 Å². The van der Waals surface area contributed by atoms with Gasteiger partial charge in [-0.2, -0.15) is 0 Å². The van der Waals surface area contributed by atoms with E-state index >= 15 is 0 Å². The first-order valence-electron chi connectivity index (χ1n) is 5.83. The van der Waals surface area contributed by atoms with Crippen molar-refractivity contribution in [3.8, 4) is 5.75 Å². The molecule has 2 aromatic heterocycles. The van der Waals surface area contributed by atoms with E-state index in [2.05, 4.69) is 4.98 Å².